The van der Waals surface area contributed by atoms with Gasteiger partial charge in [-0.2, -0.15) is 0 Å². The van der Waals surface area contributed by atoms with Crippen molar-refractivity contribution in [3.05, 3.63) is 28.3 Å². The number of rotatable bonds is 3. The third-order valence-corrected chi connectivity index (χ3v) is 2.23. The lowest BCUT2D eigenvalue weighted by Gasteiger charge is -2.07. The van der Waals surface area contributed by atoms with Gasteiger partial charge in [0.05, 0.1) is 17.7 Å². The van der Waals surface area contributed by atoms with Crippen LogP contribution in [0.4, 0.5) is 0 Å². The molecule has 0 unspecified atom stereocenters. The van der Waals surface area contributed by atoms with Gasteiger partial charge in [-0.05, 0) is 24.6 Å². The van der Waals surface area contributed by atoms with Gasteiger partial charge in [0.25, 0.3) is 5.78 Å². The van der Waals surface area contributed by atoms with E-state index in [9.17, 15) is 9.59 Å². The molecule has 0 aliphatic carbocycles. The predicted octanol–water partition coefficient (Wildman–Crippen LogP) is 1.92. The highest BCUT2D eigenvalue weighted by Gasteiger charge is 2.20. The summed E-state index contributed by atoms with van der Waals surface area (Å²) in [6.45, 7) is 1.72. The van der Waals surface area contributed by atoms with E-state index < -0.39 is 11.8 Å². The van der Waals surface area contributed by atoms with Crippen LogP contribution in [0.2, 0.25) is 5.02 Å². The van der Waals surface area contributed by atoms with Gasteiger partial charge < -0.3 is 9.84 Å². The van der Waals surface area contributed by atoms with E-state index in [0.29, 0.717) is 11.3 Å². The molecule has 0 atom stereocenters. The second-order valence-electron chi connectivity index (χ2n) is 2.96. The third-order valence-electron chi connectivity index (χ3n) is 1.84. The van der Waals surface area contributed by atoms with Crippen molar-refractivity contribution in [1.29, 1.82) is 0 Å². The number of aliphatic carboxylic acids is 1. The number of aryl methyl sites for hydroxylation is 1. The van der Waals surface area contributed by atoms with Gasteiger partial charge in [0.1, 0.15) is 5.75 Å². The number of Topliss-reactive ketones (excluding diaryl/α,β-unsaturated/α-hetero) is 1. The topological polar surface area (TPSA) is 63.6 Å². The zero-order valence-electron chi connectivity index (χ0n) is 8.20. The van der Waals surface area contributed by atoms with Crippen molar-refractivity contribution in [3.8, 4) is 5.75 Å². The minimum Gasteiger partial charge on any atom is -0.495 e. The summed E-state index contributed by atoms with van der Waals surface area (Å²) in [6, 6.07) is 3.04. The summed E-state index contributed by atoms with van der Waals surface area (Å²) in [4.78, 5) is 21.8. The molecule has 0 fully saturated rings. The summed E-state index contributed by atoms with van der Waals surface area (Å²) in [5, 5.41) is 8.59. The summed E-state index contributed by atoms with van der Waals surface area (Å²) in [5.74, 6) is -2.28. The average Bonchev–Trinajstić information content (AvgIpc) is 2.19. The molecule has 0 aromatic heterocycles. The fourth-order valence-corrected chi connectivity index (χ4v) is 1.44. The summed E-state index contributed by atoms with van der Waals surface area (Å²) >= 11 is 5.81. The lowest BCUT2D eigenvalue weighted by Crippen LogP contribution is -2.13. The Bertz CT molecular complexity index is 426. The molecule has 0 amide bonds. The quantitative estimate of drug-likeness (QED) is 0.634. The highest BCUT2D eigenvalue weighted by Crippen LogP contribution is 2.29. The first-order valence-electron chi connectivity index (χ1n) is 4.09. The fourth-order valence-electron chi connectivity index (χ4n) is 1.16. The van der Waals surface area contributed by atoms with Gasteiger partial charge in [0.15, 0.2) is 0 Å². The molecule has 15 heavy (non-hydrogen) atoms. The Morgan fingerprint density at radius 1 is 1.40 bits per heavy atom. The molecular weight excluding hydrogens is 220 g/mol. The summed E-state index contributed by atoms with van der Waals surface area (Å²) in [7, 11) is 1.40. The van der Waals surface area contributed by atoms with Crippen molar-refractivity contribution < 1.29 is 19.4 Å². The number of carbonyl (C=O) groups is 2. The number of ketones is 1. The van der Waals surface area contributed by atoms with Crippen LogP contribution in [0.15, 0.2) is 12.1 Å². The molecule has 0 radical (unpaired) electrons. The van der Waals surface area contributed by atoms with Gasteiger partial charge in [0.2, 0.25) is 0 Å². The molecule has 1 aromatic rings. The number of methoxy groups -OCH3 is 1. The number of carbonyl (C=O) groups excluding carboxylic acids is 1. The molecule has 0 aliphatic rings. The zero-order valence-corrected chi connectivity index (χ0v) is 8.96. The number of hydrogen-bond acceptors (Lipinski definition) is 3. The Labute approximate surface area is 91.4 Å². The zero-order chi connectivity index (χ0) is 11.6. The maximum Gasteiger partial charge on any atom is 0.377 e. The molecule has 0 spiro atoms. The van der Waals surface area contributed by atoms with Gasteiger partial charge in [0, 0.05) is 0 Å². The molecule has 1 aromatic carbocycles. The Kier molecular flexibility index (Phi) is 3.31. The molecular formula is C10H9ClO4. The van der Waals surface area contributed by atoms with Crippen molar-refractivity contribution in [3.63, 3.8) is 0 Å². The lowest BCUT2D eigenvalue weighted by atomic mass is 10.1. The Hall–Kier alpha value is -1.55. The highest BCUT2D eigenvalue weighted by molar-refractivity contribution is 6.45. The number of hydrogen-bond donors (Lipinski definition) is 1. The van der Waals surface area contributed by atoms with E-state index in [1.54, 1.807) is 13.0 Å². The fraction of sp³-hybridized carbons (Fsp3) is 0.200. The van der Waals surface area contributed by atoms with Gasteiger partial charge >= 0.3 is 5.97 Å². The molecule has 1 N–H and O–H groups in total. The van der Waals surface area contributed by atoms with Gasteiger partial charge in [-0.25, -0.2) is 4.79 Å². The molecule has 0 saturated carbocycles. The lowest BCUT2D eigenvalue weighted by molar-refractivity contribution is -0.131. The van der Waals surface area contributed by atoms with Gasteiger partial charge in [-0.1, -0.05) is 11.6 Å². The van der Waals surface area contributed by atoms with E-state index >= 15 is 0 Å². The van der Waals surface area contributed by atoms with Crippen LogP contribution in [-0.2, 0) is 4.79 Å². The van der Waals surface area contributed by atoms with E-state index in [4.69, 9.17) is 21.4 Å². The van der Waals surface area contributed by atoms with Crippen molar-refractivity contribution >= 4 is 23.4 Å². The molecule has 0 aliphatic heterocycles. The van der Waals surface area contributed by atoms with Crippen LogP contribution in [-0.4, -0.2) is 24.0 Å². The van der Waals surface area contributed by atoms with Gasteiger partial charge in [-0.3, -0.25) is 4.79 Å². The van der Waals surface area contributed by atoms with Crippen LogP contribution >= 0.6 is 11.6 Å². The van der Waals surface area contributed by atoms with Crippen LogP contribution in [0.1, 0.15) is 15.9 Å². The smallest absolute Gasteiger partial charge is 0.377 e. The normalized spacial score (nSPS) is 9.80. The Morgan fingerprint density at radius 3 is 2.47 bits per heavy atom. The molecule has 80 valence electrons. The molecule has 5 heteroatoms. The van der Waals surface area contributed by atoms with Crippen LogP contribution in [0, 0.1) is 6.92 Å². The van der Waals surface area contributed by atoms with Gasteiger partial charge in [-0.15, -0.1) is 0 Å². The number of carboxylic acids is 1. The number of ether oxygens (including phenoxy) is 1. The number of benzene rings is 1. The van der Waals surface area contributed by atoms with Crippen molar-refractivity contribution in [2.45, 2.75) is 6.92 Å². The predicted molar refractivity (Wildman–Crippen MR) is 54.7 cm³/mol. The molecule has 0 heterocycles. The molecule has 4 nitrogen and oxygen atoms in total. The van der Waals surface area contributed by atoms with Crippen molar-refractivity contribution in [2.75, 3.05) is 7.11 Å². The molecule has 0 bridgehead atoms. The van der Waals surface area contributed by atoms with E-state index in [-0.39, 0.29) is 10.6 Å². The number of carboxylic acid groups (broad SMARTS) is 1. The van der Waals surface area contributed by atoms with E-state index in [1.165, 1.54) is 13.2 Å². The third kappa shape index (κ3) is 2.27. The maximum absolute atomic E-state index is 11.2. The first kappa shape index (κ1) is 11.5. The second kappa shape index (κ2) is 4.31. The first-order valence-corrected chi connectivity index (χ1v) is 4.47. The second-order valence-corrected chi connectivity index (χ2v) is 3.34. The maximum atomic E-state index is 11.2. The van der Waals surface area contributed by atoms with Crippen LogP contribution < -0.4 is 4.74 Å². The highest BCUT2D eigenvalue weighted by atomic mass is 35.5. The van der Waals surface area contributed by atoms with Crippen LogP contribution in [0.5, 0.6) is 5.75 Å². The van der Waals surface area contributed by atoms with Crippen LogP contribution in [0.3, 0.4) is 0 Å². The minimum absolute atomic E-state index is 0.0236. The van der Waals surface area contributed by atoms with E-state index in [2.05, 4.69) is 0 Å². The average molecular weight is 229 g/mol. The monoisotopic (exact) mass is 228 g/mol. The van der Waals surface area contributed by atoms with Crippen molar-refractivity contribution in [2.24, 2.45) is 0 Å². The molecule has 1 rings (SSSR count). The number of halogens is 1. The Morgan fingerprint density at radius 2 is 2.00 bits per heavy atom. The minimum atomic E-state index is -1.54. The largest absolute Gasteiger partial charge is 0.495 e. The SMILES string of the molecule is COc1cc(C)cc(C(=O)C(=O)O)c1Cl. The summed E-state index contributed by atoms with van der Waals surface area (Å²) in [5.41, 5.74) is 0.655. The first-order chi connectivity index (χ1) is 6.97. The van der Waals surface area contributed by atoms with E-state index in [1.807, 2.05) is 0 Å². The molecule has 0 saturated heterocycles. The summed E-state index contributed by atoms with van der Waals surface area (Å²) < 4.78 is 4.92. The standard InChI is InChI=1S/C10H9ClO4/c1-5-3-6(9(12)10(13)14)8(11)7(4-5)15-2/h3-4H,1-2H3,(H,13,14). The van der Waals surface area contributed by atoms with Crippen LogP contribution in [0.25, 0.3) is 0 Å². The van der Waals surface area contributed by atoms with E-state index in [0.717, 1.165) is 0 Å². The Balaban J connectivity index is 3.35. The summed E-state index contributed by atoms with van der Waals surface area (Å²) in [6.07, 6.45) is 0. The van der Waals surface area contributed by atoms with Crippen molar-refractivity contribution in [1.82, 2.24) is 0 Å².